The highest BCUT2D eigenvalue weighted by atomic mass is 16.5. The van der Waals surface area contributed by atoms with Crippen LogP contribution in [0.2, 0.25) is 0 Å². The van der Waals surface area contributed by atoms with Crippen LogP contribution in [0.1, 0.15) is 30.1 Å². The molecule has 9 nitrogen and oxygen atoms in total. The molecular weight excluding hydrogens is 430 g/mol. The third kappa shape index (κ3) is 3.75. The maximum atomic E-state index is 12.6. The number of amides is 1. The van der Waals surface area contributed by atoms with Crippen LogP contribution < -0.4 is 15.4 Å². The zero-order valence-electron chi connectivity index (χ0n) is 20.0. The van der Waals surface area contributed by atoms with Crippen LogP contribution in [0.4, 0.5) is 5.69 Å². The molecule has 1 fully saturated rings. The number of carbonyl (C=O) groups excluding carboxylic acids is 1. The fourth-order valence-electron chi connectivity index (χ4n) is 5.00. The standard InChI is InChI=1S/C25H31N7O2/c1-4-32-15-29-18-11-16(12-20(34-3)24(18)32)17-13-19(30(2)9-10-31-7-5-6-8-31)21(25(26)33)23-22(17)27-14-28-23/h11-15H,4-10H2,1-3H3,(H2,26,33)(H,27,28). The number of aromatic nitrogens is 4. The average molecular weight is 462 g/mol. The second kappa shape index (κ2) is 8.98. The van der Waals surface area contributed by atoms with Gasteiger partial charge in [-0.05, 0) is 56.6 Å². The van der Waals surface area contributed by atoms with E-state index in [0.29, 0.717) is 16.6 Å². The van der Waals surface area contributed by atoms with E-state index in [9.17, 15) is 4.79 Å². The Morgan fingerprint density at radius 3 is 2.74 bits per heavy atom. The zero-order chi connectivity index (χ0) is 23.8. The molecule has 3 heterocycles. The van der Waals surface area contributed by atoms with Gasteiger partial charge in [0.2, 0.25) is 0 Å². The molecule has 1 aliphatic heterocycles. The van der Waals surface area contributed by atoms with Crippen molar-refractivity contribution in [2.75, 3.05) is 45.2 Å². The molecule has 2 aromatic carbocycles. The molecule has 34 heavy (non-hydrogen) atoms. The molecule has 2 aromatic heterocycles. The number of benzene rings is 2. The molecule has 0 spiro atoms. The van der Waals surface area contributed by atoms with Gasteiger partial charge in [0.25, 0.3) is 5.91 Å². The summed E-state index contributed by atoms with van der Waals surface area (Å²) in [6, 6.07) is 6.08. The third-order valence-electron chi connectivity index (χ3n) is 6.84. The maximum Gasteiger partial charge on any atom is 0.253 e. The molecule has 1 saturated heterocycles. The Balaban J connectivity index is 1.65. The summed E-state index contributed by atoms with van der Waals surface area (Å²) in [6.07, 6.45) is 5.93. The maximum absolute atomic E-state index is 12.6. The van der Waals surface area contributed by atoms with E-state index in [2.05, 4.69) is 36.2 Å². The lowest BCUT2D eigenvalue weighted by Gasteiger charge is -2.25. The van der Waals surface area contributed by atoms with E-state index in [1.54, 1.807) is 13.4 Å². The lowest BCUT2D eigenvalue weighted by Crippen LogP contribution is -2.32. The number of rotatable bonds is 8. The van der Waals surface area contributed by atoms with Gasteiger partial charge < -0.3 is 29.8 Å². The minimum Gasteiger partial charge on any atom is -0.494 e. The summed E-state index contributed by atoms with van der Waals surface area (Å²) >= 11 is 0. The highest BCUT2D eigenvalue weighted by molar-refractivity contribution is 6.13. The van der Waals surface area contributed by atoms with Gasteiger partial charge in [0.05, 0.1) is 47.6 Å². The molecule has 3 N–H and O–H groups in total. The lowest BCUT2D eigenvalue weighted by molar-refractivity contribution is 0.100. The van der Waals surface area contributed by atoms with Crippen LogP contribution >= 0.6 is 0 Å². The van der Waals surface area contributed by atoms with E-state index in [4.69, 9.17) is 10.5 Å². The summed E-state index contributed by atoms with van der Waals surface area (Å²) in [7, 11) is 3.68. The molecular formula is C25H31N7O2. The molecule has 0 radical (unpaired) electrons. The van der Waals surface area contributed by atoms with Crippen molar-refractivity contribution in [1.82, 2.24) is 24.4 Å². The summed E-state index contributed by atoms with van der Waals surface area (Å²) in [5.41, 5.74) is 12.1. The Labute approximate surface area is 198 Å². The van der Waals surface area contributed by atoms with Crippen molar-refractivity contribution in [3.63, 3.8) is 0 Å². The Kier molecular flexibility index (Phi) is 5.87. The lowest BCUT2D eigenvalue weighted by atomic mass is 9.98. The summed E-state index contributed by atoms with van der Waals surface area (Å²) in [5.74, 6) is 0.275. The molecule has 178 valence electrons. The van der Waals surface area contributed by atoms with E-state index >= 15 is 0 Å². The number of aromatic amines is 1. The Morgan fingerprint density at radius 1 is 1.24 bits per heavy atom. The van der Waals surface area contributed by atoms with E-state index in [1.807, 2.05) is 31.6 Å². The van der Waals surface area contributed by atoms with Crippen LogP contribution in [0.15, 0.2) is 30.9 Å². The predicted molar refractivity (Wildman–Crippen MR) is 135 cm³/mol. The molecule has 0 unspecified atom stereocenters. The average Bonchev–Trinajstić information content (AvgIpc) is 3.61. The molecule has 0 atom stereocenters. The number of ether oxygens (including phenoxy) is 1. The van der Waals surface area contributed by atoms with Gasteiger partial charge in [-0.1, -0.05) is 0 Å². The molecule has 1 amide bonds. The predicted octanol–water partition coefficient (Wildman–Crippen LogP) is 3.24. The number of nitrogens with zero attached hydrogens (tertiary/aromatic N) is 5. The van der Waals surface area contributed by atoms with Crippen molar-refractivity contribution in [2.45, 2.75) is 26.3 Å². The monoisotopic (exact) mass is 461 g/mol. The van der Waals surface area contributed by atoms with Gasteiger partial charge >= 0.3 is 0 Å². The van der Waals surface area contributed by atoms with Gasteiger partial charge in [0.1, 0.15) is 11.3 Å². The van der Waals surface area contributed by atoms with Crippen molar-refractivity contribution >= 4 is 33.7 Å². The molecule has 9 heteroatoms. The Hall–Kier alpha value is -3.59. The molecule has 0 bridgehead atoms. The fraction of sp³-hybridized carbons (Fsp3) is 0.400. The zero-order valence-corrected chi connectivity index (χ0v) is 20.0. The number of anilines is 1. The van der Waals surface area contributed by atoms with Gasteiger partial charge in [0, 0.05) is 32.2 Å². The molecule has 5 rings (SSSR count). The summed E-state index contributed by atoms with van der Waals surface area (Å²) in [5, 5.41) is 0. The topological polar surface area (TPSA) is 105 Å². The normalized spacial score (nSPS) is 14.3. The van der Waals surface area contributed by atoms with Crippen molar-refractivity contribution < 1.29 is 9.53 Å². The van der Waals surface area contributed by atoms with E-state index in [1.165, 1.54) is 12.8 Å². The van der Waals surface area contributed by atoms with Crippen LogP contribution in [0.5, 0.6) is 5.75 Å². The number of carbonyl (C=O) groups is 1. The van der Waals surface area contributed by atoms with Gasteiger partial charge in [-0.25, -0.2) is 9.97 Å². The minimum atomic E-state index is -0.474. The number of likely N-dealkylation sites (N-methyl/N-ethyl adjacent to an activating group) is 1. The second-order valence-corrected chi connectivity index (χ2v) is 8.86. The molecule has 0 saturated carbocycles. The molecule has 1 aliphatic rings. The number of hydrogen-bond acceptors (Lipinski definition) is 6. The Morgan fingerprint density at radius 2 is 2.03 bits per heavy atom. The number of H-pyrrole nitrogens is 1. The number of methoxy groups -OCH3 is 1. The highest BCUT2D eigenvalue weighted by Crippen LogP contribution is 2.39. The van der Waals surface area contributed by atoms with Crippen LogP contribution in [0.25, 0.3) is 33.2 Å². The van der Waals surface area contributed by atoms with E-state index < -0.39 is 5.91 Å². The third-order valence-corrected chi connectivity index (χ3v) is 6.84. The SMILES string of the molecule is CCn1cnc2cc(-c3cc(N(C)CCN4CCCC4)c(C(N)=O)c4[nH]cnc34)cc(OC)c21. The van der Waals surface area contributed by atoms with Crippen molar-refractivity contribution in [2.24, 2.45) is 5.73 Å². The van der Waals surface area contributed by atoms with Gasteiger partial charge in [-0.2, -0.15) is 0 Å². The first-order valence-corrected chi connectivity index (χ1v) is 11.8. The highest BCUT2D eigenvalue weighted by Gasteiger charge is 2.23. The Bertz CT molecular complexity index is 1350. The van der Waals surface area contributed by atoms with Gasteiger partial charge in [-0.3, -0.25) is 4.79 Å². The van der Waals surface area contributed by atoms with Crippen LogP contribution in [-0.4, -0.2) is 70.7 Å². The fourth-order valence-corrected chi connectivity index (χ4v) is 5.00. The number of primary amides is 1. The quantitative estimate of drug-likeness (QED) is 0.417. The minimum absolute atomic E-state index is 0.462. The largest absolute Gasteiger partial charge is 0.494 e. The van der Waals surface area contributed by atoms with E-state index in [0.717, 1.165) is 66.3 Å². The first-order valence-electron chi connectivity index (χ1n) is 11.8. The van der Waals surface area contributed by atoms with Crippen molar-refractivity contribution in [3.05, 3.63) is 36.4 Å². The number of likely N-dealkylation sites (tertiary alicyclic amines) is 1. The van der Waals surface area contributed by atoms with Crippen LogP contribution in [-0.2, 0) is 6.54 Å². The number of fused-ring (bicyclic) bond motifs is 2. The summed E-state index contributed by atoms with van der Waals surface area (Å²) < 4.78 is 7.81. The van der Waals surface area contributed by atoms with Crippen molar-refractivity contribution in [3.8, 4) is 16.9 Å². The first-order chi connectivity index (χ1) is 16.5. The van der Waals surface area contributed by atoms with Gasteiger partial charge in [0.15, 0.2) is 0 Å². The second-order valence-electron chi connectivity index (χ2n) is 8.86. The summed E-state index contributed by atoms with van der Waals surface area (Å²) in [4.78, 5) is 29.4. The number of aryl methyl sites for hydroxylation is 1. The van der Waals surface area contributed by atoms with Crippen LogP contribution in [0, 0.1) is 0 Å². The number of imidazole rings is 2. The number of nitrogens with two attached hydrogens (primary N) is 1. The molecule has 4 aromatic rings. The smallest absolute Gasteiger partial charge is 0.253 e. The first kappa shape index (κ1) is 22.2. The summed E-state index contributed by atoms with van der Waals surface area (Å²) in [6.45, 7) is 6.88. The molecule has 0 aliphatic carbocycles. The number of hydrogen-bond donors (Lipinski definition) is 2. The van der Waals surface area contributed by atoms with Gasteiger partial charge in [-0.15, -0.1) is 0 Å². The number of nitrogens with one attached hydrogen (secondary N) is 1. The van der Waals surface area contributed by atoms with E-state index in [-0.39, 0.29) is 0 Å². The van der Waals surface area contributed by atoms with Crippen LogP contribution in [0.3, 0.4) is 0 Å². The van der Waals surface area contributed by atoms with Crippen molar-refractivity contribution in [1.29, 1.82) is 0 Å².